The summed E-state index contributed by atoms with van der Waals surface area (Å²) in [6.45, 7) is 0. The summed E-state index contributed by atoms with van der Waals surface area (Å²) in [5.74, 6) is 2.48. The summed E-state index contributed by atoms with van der Waals surface area (Å²) in [6.07, 6.45) is 7.03. The summed E-state index contributed by atoms with van der Waals surface area (Å²) >= 11 is 0. The predicted octanol–water partition coefficient (Wildman–Crippen LogP) is 1.54. The summed E-state index contributed by atoms with van der Waals surface area (Å²) in [4.78, 5) is 0. The highest BCUT2D eigenvalue weighted by Crippen LogP contribution is 2.55. The second-order valence-corrected chi connectivity index (χ2v) is 5.53. The monoisotopic (exact) mass is 181 g/mol. The normalized spacial score (nSPS) is 58.6. The average molecular weight is 181 g/mol. The fourth-order valence-electron chi connectivity index (χ4n) is 4.43. The van der Waals surface area contributed by atoms with Gasteiger partial charge in [0.2, 0.25) is 0 Å². The van der Waals surface area contributed by atoms with Gasteiger partial charge < -0.3 is 10.5 Å². The lowest BCUT2D eigenvalue weighted by Gasteiger charge is -2.58. The van der Waals surface area contributed by atoms with Crippen LogP contribution in [0, 0.1) is 17.8 Å². The SMILES string of the molecule is COC1[C@@H]2CC3C[C@H]1CC(N)(C3)C2. The van der Waals surface area contributed by atoms with Gasteiger partial charge in [0.05, 0.1) is 6.10 Å². The molecule has 5 atom stereocenters. The Balaban J connectivity index is 1.90. The van der Waals surface area contributed by atoms with Gasteiger partial charge in [0.15, 0.2) is 0 Å². The summed E-state index contributed by atoms with van der Waals surface area (Å²) in [7, 11) is 1.87. The Labute approximate surface area is 79.8 Å². The van der Waals surface area contributed by atoms with Crippen molar-refractivity contribution < 1.29 is 4.74 Å². The van der Waals surface area contributed by atoms with Crippen molar-refractivity contribution in [3.05, 3.63) is 0 Å². The molecule has 2 nitrogen and oxygen atoms in total. The minimum absolute atomic E-state index is 0.200. The highest BCUT2D eigenvalue weighted by molar-refractivity contribution is 5.08. The van der Waals surface area contributed by atoms with E-state index in [4.69, 9.17) is 10.5 Å². The zero-order valence-corrected chi connectivity index (χ0v) is 8.33. The second kappa shape index (κ2) is 2.48. The fourth-order valence-corrected chi connectivity index (χ4v) is 4.43. The van der Waals surface area contributed by atoms with E-state index in [2.05, 4.69) is 0 Å². The molecule has 13 heavy (non-hydrogen) atoms. The molecule has 0 aromatic carbocycles. The van der Waals surface area contributed by atoms with E-state index in [1.54, 1.807) is 0 Å². The van der Waals surface area contributed by atoms with Gasteiger partial charge in [0.1, 0.15) is 0 Å². The highest BCUT2D eigenvalue weighted by atomic mass is 16.5. The van der Waals surface area contributed by atoms with Crippen molar-refractivity contribution in [2.24, 2.45) is 23.5 Å². The molecule has 0 saturated heterocycles. The van der Waals surface area contributed by atoms with Gasteiger partial charge in [-0.3, -0.25) is 0 Å². The molecule has 4 fully saturated rings. The van der Waals surface area contributed by atoms with Crippen LogP contribution in [0.2, 0.25) is 0 Å². The lowest BCUT2D eigenvalue weighted by atomic mass is 9.52. The van der Waals surface area contributed by atoms with E-state index in [1.807, 2.05) is 7.11 Å². The zero-order valence-electron chi connectivity index (χ0n) is 8.33. The van der Waals surface area contributed by atoms with Crippen LogP contribution >= 0.6 is 0 Å². The van der Waals surface area contributed by atoms with Crippen LogP contribution in [0.15, 0.2) is 0 Å². The van der Waals surface area contributed by atoms with E-state index in [0.29, 0.717) is 6.10 Å². The minimum atomic E-state index is 0.200. The molecule has 0 amide bonds. The first kappa shape index (κ1) is 8.25. The Hall–Kier alpha value is -0.0800. The van der Waals surface area contributed by atoms with Crippen LogP contribution in [-0.2, 0) is 4.74 Å². The molecule has 2 N–H and O–H groups in total. The Kier molecular flexibility index (Phi) is 1.58. The van der Waals surface area contributed by atoms with Gasteiger partial charge in [-0.2, -0.15) is 0 Å². The molecule has 4 aliphatic carbocycles. The van der Waals surface area contributed by atoms with Crippen LogP contribution in [0.1, 0.15) is 32.1 Å². The molecule has 2 heteroatoms. The number of ether oxygens (including phenoxy) is 1. The molecule has 0 heterocycles. The van der Waals surface area contributed by atoms with Crippen molar-refractivity contribution in [3.63, 3.8) is 0 Å². The van der Waals surface area contributed by atoms with Gasteiger partial charge in [-0.25, -0.2) is 0 Å². The minimum Gasteiger partial charge on any atom is -0.381 e. The smallest absolute Gasteiger partial charge is 0.0629 e. The topological polar surface area (TPSA) is 35.2 Å². The zero-order chi connectivity index (χ0) is 9.05. The molecule has 4 aliphatic rings. The van der Waals surface area contributed by atoms with Crippen LogP contribution in [0.3, 0.4) is 0 Å². The Morgan fingerprint density at radius 1 is 1.15 bits per heavy atom. The van der Waals surface area contributed by atoms with Gasteiger partial charge in [0, 0.05) is 12.6 Å². The molecular formula is C11H19NO. The summed E-state index contributed by atoms with van der Waals surface area (Å²) in [6, 6.07) is 0. The molecule has 3 unspecified atom stereocenters. The number of hydrogen-bond donors (Lipinski definition) is 1. The number of rotatable bonds is 1. The van der Waals surface area contributed by atoms with Crippen molar-refractivity contribution in [1.29, 1.82) is 0 Å². The number of methoxy groups -OCH3 is 1. The van der Waals surface area contributed by atoms with Crippen molar-refractivity contribution in [2.75, 3.05) is 7.11 Å². The van der Waals surface area contributed by atoms with E-state index in [9.17, 15) is 0 Å². The Morgan fingerprint density at radius 2 is 1.77 bits per heavy atom. The summed E-state index contributed by atoms with van der Waals surface area (Å²) in [5.41, 5.74) is 6.58. The van der Waals surface area contributed by atoms with E-state index < -0.39 is 0 Å². The van der Waals surface area contributed by atoms with Gasteiger partial charge in [-0.05, 0) is 49.9 Å². The molecular weight excluding hydrogens is 162 g/mol. The van der Waals surface area contributed by atoms with E-state index in [-0.39, 0.29) is 5.54 Å². The van der Waals surface area contributed by atoms with Crippen LogP contribution in [0.5, 0.6) is 0 Å². The Bertz CT molecular complexity index is 212. The third-order valence-corrected chi connectivity index (χ3v) is 4.51. The lowest BCUT2D eigenvalue weighted by molar-refractivity contribution is -0.119. The van der Waals surface area contributed by atoms with Crippen LogP contribution in [-0.4, -0.2) is 18.8 Å². The average Bonchev–Trinajstić information content (AvgIpc) is 2.00. The van der Waals surface area contributed by atoms with Crippen molar-refractivity contribution in [2.45, 2.75) is 43.7 Å². The van der Waals surface area contributed by atoms with Crippen molar-refractivity contribution in [3.8, 4) is 0 Å². The molecule has 4 saturated carbocycles. The number of hydrogen-bond acceptors (Lipinski definition) is 2. The van der Waals surface area contributed by atoms with Gasteiger partial charge >= 0.3 is 0 Å². The van der Waals surface area contributed by atoms with Gasteiger partial charge in [-0.15, -0.1) is 0 Å². The third kappa shape index (κ3) is 1.08. The second-order valence-electron chi connectivity index (χ2n) is 5.53. The maximum absolute atomic E-state index is 6.38. The van der Waals surface area contributed by atoms with Crippen molar-refractivity contribution >= 4 is 0 Å². The van der Waals surface area contributed by atoms with Crippen LogP contribution < -0.4 is 5.73 Å². The van der Waals surface area contributed by atoms with Gasteiger partial charge in [-0.1, -0.05) is 0 Å². The van der Waals surface area contributed by atoms with Crippen LogP contribution in [0.25, 0.3) is 0 Å². The molecule has 0 aromatic heterocycles. The Morgan fingerprint density at radius 3 is 2.23 bits per heavy atom. The highest BCUT2D eigenvalue weighted by Gasteiger charge is 2.53. The summed E-state index contributed by atoms with van der Waals surface area (Å²) in [5, 5.41) is 0. The largest absolute Gasteiger partial charge is 0.381 e. The molecule has 74 valence electrons. The molecule has 0 aliphatic heterocycles. The number of nitrogens with two attached hydrogens (primary N) is 1. The van der Waals surface area contributed by atoms with Crippen molar-refractivity contribution in [1.82, 2.24) is 0 Å². The quantitative estimate of drug-likeness (QED) is 0.666. The standard InChI is InChI=1S/C11H19NO/c1-13-10-8-2-7-3-9(10)6-11(12,4-7)5-8/h7-10H,2-6,12H2,1H3/t7?,8-,9+,10?,11?. The van der Waals surface area contributed by atoms with Crippen LogP contribution in [0.4, 0.5) is 0 Å². The third-order valence-electron chi connectivity index (χ3n) is 4.51. The molecule has 0 spiro atoms. The predicted molar refractivity (Wildman–Crippen MR) is 51.3 cm³/mol. The fraction of sp³-hybridized carbons (Fsp3) is 1.00. The lowest BCUT2D eigenvalue weighted by Crippen LogP contribution is -2.61. The molecule has 4 rings (SSSR count). The first-order valence-electron chi connectivity index (χ1n) is 5.52. The first-order chi connectivity index (χ1) is 6.20. The maximum atomic E-state index is 6.38. The molecule has 4 bridgehead atoms. The van der Waals surface area contributed by atoms with E-state index in [1.165, 1.54) is 32.1 Å². The molecule has 0 aromatic rings. The first-order valence-corrected chi connectivity index (χ1v) is 5.52. The maximum Gasteiger partial charge on any atom is 0.0629 e. The molecule has 0 radical (unpaired) electrons. The van der Waals surface area contributed by atoms with E-state index >= 15 is 0 Å². The van der Waals surface area contributed by atoms with Gasteiger partial charge in [0.25, 0.3) is 0 Å². The summed E-state index contributed by atoms with van der Waals surface area (Å²) < 4.78 is 5.62. The van der Waals surface area contributed by atoms with E-state index in [0.717, 1.165) is 17.8 Å².